The predicted octanol–water partition coefficient (Wildman–Crippen LogP) is 4.52. The fourth-order valence-corrected chi connectivity index (χ4v) is 3.92. The largest absolute Gasteiger partial charge is 0.478 e. The van der Waals surface area contributed by atoms with Gasteiger partial charge in [-0.25, -0.2) is 9.78 Å². The monoisotopic (exact) mass is 455 g/mol. The van der Waals surface area contributed by atoms with E-state index in [1.165, 1.54) is 7.11 Å². The molecule has 1 N–H and O–H groups in total. The van der Waals surface area contributed by atoms with Crippen LogP contribution in [0.1, 0.15) is 23.9 Å². The van der Waals surface area contributed by atoms with Crippen molar-refractivity contribution in [3.05, 3.63) is 108 Å². The molecule has 0 radical (unpaired) electrons. The zero-order valence-corrected chi connectivity index (χ0v) is 19.0. The molecule has 1 aromatic heterocycles. The summed E-state index contributed by atoms with van der Waals surface area (Å²) in [5.41, 5.74) is 0.578. The number of benzene rings is 3. The Balaban J connectivity index is 1.86. The van der Waals surface area contributed by atoms with Crippen molar-refractivity contribution in [1.82, 2.24) is 15.0 Å². The highest BCUT2D eigenvalue weighted by Gasteiger charge is 2.49. The Morgan fingerprint density at radius 3 is 1.85 bits per heavy atom. The zero-order chi connectivity index (χ0) is 24.0. The van der Waals surface area contributed by atoms with Gasteiger partial charge in [-0.15, -0.1) is 0 Å². The van der Waals surface area contributed by atoms with Gasteiger partial charge in [-0.3, -0.25) is 0 Å². The Labute approximate surface area is 198 Å². The Morgan fingerprint density at radius 2 is 1.38 bits per heavy atom. The number of carboxylic acid groups (broad SMARTS) is 1. The van der Waals surface area contributed by atoms with E-state index in [2.05, 4.69) is 15.0 Å². The second-order valence-corrected chi connectivity index (χ2v) is 7.59. The first-order chi connectivity index (χ1) is 16.6. The standard InChI is InChI=1S/C27H25N3O4/c1-3-22-28-24(19-13-7-4-8-14-19)30-26(29-22)34-23(25(31)32)27(33-2,20-15-9-5-10-16-20)21-17-11-6-12-18-21/h4-18,23H,3H2,1-2H3,(H,31,32). The Hall–Kier alpha value is -4.10. The maximum Gasteiger partial charge on any atom is 0.348 e. The van der Waals surface area contributed by atoms with Gasteiger partial charge in [0, 0.05) is 19.1 Å². The van der Waals surface area contributed by atoms with Crippen LogP contribution in [0.2, 0.25) is 0 Å². The van der Waals surface area contributed by atoms with Gasteiger partial charge in [0.25, 0.3) is 0 Å². The lowest BCUT2D eigenvalue weighted by molar-refractivity contribution is -0.160. The van der Waals surface area contributed by atoms with Crippen LogP contribution in [0.25, 0.3) is 11.4 Å². The van der Waals surface area contributed by atoms with Gasteiger partial charge in [0.05, 0.1) is 0 Å². The van der Waals surface area contributed by atoms with Gasteiger partial charge in [0.2, 0.25) is 6.10 Å². The van der Waals surface area contributed by atoms with Gasteiger partial charge in [0.15, 0.2) is 11.4 Å². The number of rotatable bonds is 9. The van der Waals surface area contributed by atoms with Crippen molar-refractivity contribution in [2.75, 3.05) is 7.11 Å². The molecular formula is C27H25N3O4. The van der Waals surface area contributed by atoms with Crippen LogP contribution in [0.5, 0.6) is 6.01 Å². The smallest absolute Gasteiger partial charge is 0.348 e. The van der Waals surface area contributed by atoms with E-state index in [-0.39, 0.29) is 6.01 Å². The molecule has 1 unspecified atom stereocenters. The number of aliphatic carboxylic acids is 1. The molecule has 0 saturated carbocycles. The molecule has 0 aliphatic heterocycles. The van der Waals surface area contributed by atoms with Crippen molar-refractivity contribution in [1.29, 1.82) is 0 Å². The normalized spacial score (nSPS) is 12.2. The summed E-state index contributed by atoms with van der Waals surface area (Å²) >= 11 is 0. The molecule has 0 saturated heterocycles. The van der Waals surface area contributed by atoms with Crippen LogP contribution in [-0.2, 0) is 21.6 Å². The fourth-order valence-electron chi connectivity index (χ4n) is 3.92. The second-order valence-electron chi connectivity index (χ2n) is 7.59. The molecule has 0 fully saturated rings. The maximum atomic E-state index is 12.7. The Morgan fingerprint density at radius 1 is 0.853 bits per heavy atom. The van der Waals surface area contributed by atoms with Crippen LogP contribution >= 0.6 is 0 Å². The van der Waals surface area contributed by atoms with Crippen LogP contribution in [-0.4, -0.2) is 39.2 Å². The van der Waals surface area contributed by atoms with E-state index in [0.717, 1.165) is 5.56 Å². The minimum absolute atomic E-state index is 0.0774. The molecule has 0 bridgehead atoms. The summed E-state index contributed by atoms with van der Waals surface area (Å²) in [4.78, 5) is 26.0. The van der Waals surface area contributed by atoms with E-state index in [4.69, 9.17) is 9.47 Å². The van der Waals surface area contributed by atoms with Gasteiger partial charge in [-0.2, -0.15) is 9.97 Å². The van der Waals surface area contributed by atoms with E-state index >= 15 is 0 Å². The molecule has 4 aromatic rings. The van der Waals surface area contributed by atoms with Gasteiger partial charge < -0.3 is 14.6 Å². The van der Waals surface area contributed by atoms with Crippen LogP contribution in [0.3, 0.4) is 0 Å². The number of hydrogen-bond acceptors (Lipinski definition) is 6. The van der Waals surface area contributed by atoms with Gasteiger partial charge in [-0.1, -0.05) is 97.9 Å². The van der Waals surface area contributed by atoms with E-state index < -0.39 is 17.7 Å². The van der Waals surface area contributed by atoms with E-state index in [1.807, 2.05) is 97.9 Å². The quantitative estimate of drug-likeness (QED) is 0.396. The molecule has 4 rings (SSSR count). The summed E-state index contributed by atoms with van der Waals surface area (Å²) < 4.78 is 12.1. The lowest BCUT2D eigenvalue weighted by Gasteiger charge is -2.37. The number of carbonyl (C=O) groups is 1. The molecule has 172 valence electrons. The molecule has 1 atom stereocenters. The highest BCUT2D eigenvalue weighted by molar-refractivity contribution is 5.76. The van der Waals surface area contributed by atoms with Crippen molar-refractivity contribution < 1.29 is 19.4 Å². The third-order valence-electron chi connectivity index (χ3n) is 5.55. The van der Waals surface area contributed by atoms with Crippen molar-refractivity contribution in [3.63, 3.8) is 0 Å². The van der Waals surface area contributed by atoms with Crippen molar-refractivity contribution in [3.8, 4) is 17.4 Å². The topological polar surface area (TPSA) is 94.4 Å². The molecule has 34 heavy (non-hydrogen) atoms. The molecule has 0 spiro atoms. The van der Waals surface area contributed by atoms with Crippen LogP contribution < -0.4 is 4.74 Å². The SMILES string of the molecule is CCc1nc(OC(C(=O)O)C(OC)(c2ccccc2)c2ccccc2)nc(-c2ccccc2)n1. The number of aromatic nitrogens is 3. The summed E-state index contributed by atoms with van der Waals surface area (Å²) in [5.74, 6) is -0.307. The second kappa shape index (κ2) is 10.2. The van der Waals surface area contributed by atoms with Crippen molar-refractivity contribution in [2.24, 2.45) is 0 Å². The highest BCUT2D eigenvalue weighted by atomic mass is 16.6. The number of nitrogens with zero attached hydrogens (tertiary/aromatic N) is 3. The van der Waals surface area contributed by atoms with Crippen LogP contribution in [0.4, 0.5) is 0 Å². The van der Waals surface area contributed by atoms with Crippen molar-refractivity contribution in [2.45, 2.75) is 25.0 Å². The van der Waals surface area contributed by atoms with Crippen LogP contribution in [0.15, 0.2) is 91.0 Å². The van der Waals surface area contributed by atoms with E-state index in [1.54, 1.807) is 0 Å². The number of methoxy groups -OCH3 is 1. The maximum absolute atomic E-state index is 12.7. The third-order valence-corrected chi connectivity index (χ3v) is 5.55. The summed E-state index contributed by atoms with van der Waals surface area (Å²) in [6.45, 7) is 1.91. The average molecular weight is 456 g/mol. The minimum Gasteiger partial charge on any atom is -0.478 e. The molecule has 7 heteroatoms. The van der Waals surface area contributed by atoms with Gasteiger partial charge >= 0.3 is 12.0 Å². The fraction of sp³-hybridized carbons (Fsp3) is 0.185. The minimum atomic E-state index is -1.49. The van der Waals surface area contributed by atoms with Gasteiger partial charge in [-0.05, 0) is 11.1 Å². The molecular weight excluding hydrogens is 430 g/mol. The number of aryl methyl sites for hydroxylation is 1. The predicted molar refractivity (Wildman–Crippen MR) is 127 cm³/mol. The molecule has 1 heterocycles. The first-order valence-electron chi connectivity index (χ1n) is 10.9. The Bertz CT molecular complexity index is 1200. The highest BCUT2D eigenvalue weighted by Crippen LogP contribution is 2.38. The lowest BCUT2D eigenvalue weighted by atomic mass is 9.81. The average Bonchev–Trinajstić information content (AvgIpc) is 2.90. The van der Waals surface area contributed by atoms with Crippen LogP contribution in [0, 0.1) is 0 Å². The summed E-state index contributed by atoms with van der Waals surface area (Å²) in [6.07, 6.45) is -0.957. The molecule has 0 aliphatic rings. The molecule has 0 amide bonds. The summed E-state index contributed by atoms with van der Waals surface area (Å²) in [6, 6.07) is 27.6. The third kappa shape index (κ3) is 4.51. The van der Waals surface area contributed by atoms with E-state index in [0.29, 0.717) is 29.2 Å². The molecule has 7 nitrogen and oxygen atoms in total. The number of carboxylic acids is 1. The van der Waals surface area contributed by atoms with Crippen molar-refractivity contribution >= 4 is 5.97 Å². The zero-order valence-electron chi connectivity index (χ0n) is 19.0. The Kier molecular flexibility index (Phi) is 6.94. The number of ether oxygens (including phenoxy) is 2. The molecule has 3 aromatic carbocycles. The first kappa shape index (κ1) is 23.1. The van der Waals surface area contributed by atoms with E-state index in [9.17, 15) is 9.90 Å². The number of hydrogen-bond donors (Lipinski definition) is 1. The summed E-state index contributed by atoms with van der Waals surface area (Å²) in [7, 11) is 1.47. The molecule has 0 aliphatic carbocycles. The van der Waals surface area contributed by atoms with Gasteiger partial charge in [0.1, 0.15) is 5.82 Å². The first-order valence-corrected chi connectivity index (χ1v) is 10.9. The summed E-state index contributed by atoms with van der Waals surface area (Å²) in [5, 5.41) is 10.4. The lowest BCUT2D eigenvalue weighted by Crippen LogP contribution is -2.50.